The van der Waals surface area contributed by atoms with E-state index in [4.69, 9.17) is 0 Å². The van der Waals surface area contributed by atoms with E-state index >= 15 is 0 Å². The van der Waals surface area contributed by atoms with Crippen molar-refractivity contribution in [3.05, 3.63) is 17.5 Å². The molecule has 3 nitrogen and oxygen atoms in total. The number of aryl methyl sites for hydroxylation is 1. The van der Waals surface area contributed by atoms with Crippen molar-refractivity contribution < 1.29 is 0 Å². The van der Waals surface area contributed by atoms with E-state index in [9.17, 15) is 0 Å². The van der Waals surface area contributed by atoms with Gasteiger partial charge in [0.2, 0.25) is 0 Å². The second-order valence-electron chi connectivity index (χ2n) is 2.91. The maximum absolute atomic E-state index is 4.19. The lowest BCUT2D eigenvalue weighted by Crippen LogP contribution is -2.11. The van der Waals surface area contributed by atoms with Gasteiger partial charge in [-0.3, -0.25) is 5.10 Å². The predicted octanol–water partition coefficient (Wildman–Crippen LogP) is 1.47. The number of hydrogen-bond acceptors (Lipinski definition) is 2. The lowest BCUT2D eigenvalue weighted by atomic mass is 10.2. The Bertz CT molecular complexity index is 217. The molecule has 1 aromatic rings. The molecule has 12 heavy (non-hydrogen) atoms. The van der Waals surface area contributed by atoms with Gasteiger partial charge in [0.05, 0.1) is 5.69 Å². The summed E-state index contributed by atoms with van der Waals surface area (Å²) < 4.78 is 0. The molecular formula is C9H17N3. The lowest BCUT2D eigenvalue weighted by Gasteiger charge is -1.95. The molecule has 1 heterocycles. The molecule has 1 aromatic heterocycles. The van der Waals surface area contributed by atoms with Crippen molar-refractivity contribution >= 4 is 0 Å². The fraction of sp³-hybridized carbons (Fsp3) is 0.667. The van der Waals surface area contributed by atoms with Gasteiger partial charge in [0.1, 0.15) is 0 Å². The molecule has 0 aliphatic rings. The van der Waals surface area contributed by atoms with Gasteiger partial charge >= 0.3 is 0 Å². The Kier molecular flexibility index (Phi) is 3.80. The molecule has 0 unspecified atom stereocenters. The largest absolute Gasteiger partial charge is 0.311 e. The van der Waals surface area contributed by atoms with Gasteiger partial charge in [-0.25, -0.2) is 0 Å². The van der Waals surface area contributed by atoms with Crippen molar-refractivity contribution in [1.29, 1.82) is 0 Å². The van der Waals surface area contributed by atoms with Crippen LogP contribution in [-0.4, -0.2) is 16.7 Å². The summed E-state index contributed by atoms with van der Waals surface area (Å²) in [6.45, 7) is 6.16. The molecule has 0 aliphatic heterocycles. The van der Waals surface area contributed by atoms with Crippen LogP contribution in [-0.2, 0) is 13.0 Å². The molecule has 2 N–H and O–H groups in total. The minimum atomic E-state index is 0.896. The molecule has 0 fully saturated rings. The summed E-state index contributed by atoms with van der Waals surface area (Å²) in [4.78, 5) is 0. The molecular weight excluding hydrogens is 150 g/mol. The zero-order valence-electron chi connectivity index (χ0n) is 7.85. The van der Waals surface area contributed by atoms with Gasteiger partial charge in [0, 0.05) is 12.2 Å². The maximum Gasteiger partial charge on any atom is 0.0625 e. The standard InChI is InChI=1S/C9H17N3/c1-3-5-8-6-9(12-11-8)7-10-4-2/h6,10H,3-5,7H2,1-2H3,(H,11,12). The van der Waals surface area contributed by atoms with Crippen LogP contribution in [0.2, 0.25) is 0 Å². The van der Waals surface area contributed by atoms with E-state index in [1.165, 1.54) is 11.4 Å². The first-order valence-electron chi connectivity index (χ1n) is 4.60. The normalized spacial score (nSPS) is 10.5. The second-order valence-corrected chi connectivity index (χ2v) is 2.91. The van der Waals surface area contributed by atoms with Crippen LogP contribution in [0.25, 0.3) is 0 Å². The molecule has 0 spiro atoms. The van der Waals surface area contributed by atoms with Gasteiger partial charge in [-0.1, -0.05) is 20.3 Å². The number of aromatic amines is 1. The quantitative estimate of drug-likeness (QED) is 0.697. The first-order chi connectivity index (χ1) is 5.86. The summed E-state index contributed by atoms with van der Waals surface area (Å²) in [5.41, 5.74) is 2.35. The van der Waals surface area contributed by atoms with E-state index in [-0.39, 0.29) is 0 Å². The van der Waals surface area contributed by atoms with Crippen molar-refractivity contribution in [3.63, 3.8) is 0 Å². The van der Waals surface area contributed by atoms with Crippen molar-refractivity contribution in [2.45, 2.75) is 33.2 Å². The lowest BCUT2D eigenvalue weighted by molar-refractivity contribution is 0.707. The monoisotopic (exact) mass is 167 g/mol. The van der Waals surface area contributed by atoms with Gasteiger partial charge < -0.3 is 5.32 Å². The minimum Gasteiger partial charge on any atom is -0.311 e. The Morgan fingerprint density at radius 1 is 1.50 bits per heavy atom. The molecule has 0 radical (unpaired) electrons. The van der Waals surface area contributed by atoms with Crippen LogP contribution in [0.4, 0.5) is 0 Å². The number of H-pyrrole nitrogens is 1. The Hall–Kier alpha value is -0.830. The van der Waals surface area contributed by atoms with Gasteiger partial charge in [-0.2, -0.15) is 5.10 Å². The molecule has 0 amide bonds. The van der Waals surface area contributed by atoms with Crippen molar-refractivity contribution in [2.24, 2.45) is 0 Å². The highest BCUT2D eigenvalue weighted by Crippen LogP contribution is 2.01. The summed E-state index contributed by atoms with van der Waals surface area (Å²) in [5.74, 6) is 0. The van der Waals surface area contributed by atoms with E-state index in [0.717, 1.165) is 25.9 Å². The molecule has 3 heteroatoms. The average Bonchev–Trinajstić information content (AvgIpc) is 2.50. The van der Waals surface area contributed by atoms with Crippen molar-refractivity contribution in [3.8, 4) is 0 Å². The van der Waals surface area contributed by atoms with Crippen LogP contribution in [0.3, 0.4) is 0 Å². The molecule has 0 aromatic carbocycles. The number of hydrogen-bond donors (Lipinski definition) is 2. The van der Waals surface area contributed by atoms with Gasteiger partial charge in [-0.05, 0) is 19.0 Å². The number of nitrogens with one attached hydrogen (secondary N) is 2. The molecule has 1 rings (SSSR count). The summed E-state index contributed by atoms with van der Waals surface area (Å²) in [5, 5.41) is 10.5. The van der Waals surface area contributed by atoms with Crippen LogP contribution in [0, 0.1) is 0 Å². The van der Waals surface area contributed by atoms with E-state index in [2.05, 4.69) is 35.4 Å². The number of rotatable bonds is 5. The summed E-state index contributed by atoms with van der Waals surface area (Å²) in [7, 11) is 0. The highest BCUT2D eigenvalue weighted by molar-refractivity contribution is 5.08. The molecule has 0 bridgehead atoms. The van der Waals surface area contributed by atoms with E-state index < -0.39 is 0 Å². The first kappa shape index (κ1) is 9.26. The number of nitrogens with zero attached hydrogens (tertiary/aromatic N) is 1. The smallest absolute Gasteiger partial charge is 0.0625 e. The Morgan fingerprint density at radius 3 is 3.00 bits per heavy atom. The Balaban J connectivity index is 2.41. The van der Waals surface area contributed by atoms with E-state index in [0.29, 0.717) is 0 Å². The van der Waals surface area contributed by atoms with Crippen LogP contribution < -0.4 is 5.32 Å². The molecule has 0 saturated carbocycles. The van der Waals surface area contributed by atoms with E-state index in [1.54, 1.807) is 0 Å². The SMILES string of the molecule is CCCc1cc(CNCC)[nH]n1. The maximum atomic E-state index is 4.19. The highest BCUT2D eigenvalue weighted by atomic mass is 15.1. The van der Waals surface area contributed by atoms with Crippen molar-refractivity contribution in [1.82, 2.24) is 15.5 Å². The third-order valence-corrected chi connectivity index (χ3v) is 1.76. The predicted molar refractivity (Wildman–Crippen MR) is 50.0 cm³/mol. The Morgan fingerprint density at radius 2 is 2.33 bits per heavy atom. The molecule has 0 atom stereocenters. The zero-order chi connectivity index (χ0) is 8.81. The first-order valence-corrected chi connectivity index (χ1v) is 4.60. The van der Waals surface area contributed by atoms with Gasteiger partial charge in [-0.15, -0.1) is 0 Å². The Labute approximate surface area is 73.6 Å². The fourth-order valence-electron chi connectivity index (χ4n) is 1.14. The third kappa shape index (κ3) is 2.66. The highest BCUT2D eigenvalue weighted by Gasteiger charge is 1.98. The molecule has 0 aliphatic carbocycles. The molecule has 0 saturated heterocycles. The minimum absolute atomic E-state index is 0.896. The average molecular weight is 167 g/mol. The topological polar surface area (TPSA) is 40.7 Å². The zero-order valence-corrected chi connectivity index (χ0v) is 7.85. The van der Waals surface area contributed by atoms with Crippen LogP contribution in [0.1, 0.15) is 31.7 Å². The van der Waals surface area contributed by atoms with Crippen molar-refractivity contribution in [2.75, 3.05) is 6.54 Å². The molecule has 68 valence electrons. The summed E-state index contributed by atoms with van der Waals surface area (Å²) in [6, 6.07) is 2.13. The third-order valence-electron chi connectivity index (χ3n) is 1.76. The van der Waals surface area contributed by atoms with Crippen LogP contribution >= 0.6 is 0 Å². The van der Waals surface area contributed by atoms with Crippen LogP contribution in [0.15, 0.2) is 6.07 Å². The van der Waals surface area contributed by atoms with E-state index in [1.807, 2.05) is 0 Å². The fourth-order valence-corrected chi connectivity index (χ4v) is 1.14. The van der Waals surface area contributed by atoms with Gasteiger partial charge in [0.25, 0.3) is 0 Å². The van der Waals surface area contributed by atoms with Gasteiger partial charge in [0.15, 0.2) is 0 Å². The van der Waals surface area contributed by atoms with Crippen LogP contribution in [0.5, 0.6) is 0 Å². The summed E-state index contributed by atoms with van der Waals surface area (Å²) in [6.07, 6.45) is 2.23. The second kappa shape index (κ2) is 4.93. The summed E-state index contributed by atoms with van der Waals surface area (Å²) >= 11 is 0. The number of aromatic nitrogens is 2.